The van der Waals surface area contributed by atoms with Crippen LogP contribution in [0, 0.1) is 0 Å². The number of hydrogen-bond donors (Lipinski definition) is 0. The summed E-state index contributed by atoms with van der Waals surface area (Å²) in [5, 5.41) is 0. The van der Waals surface area contributed by atoms with Crippen LogP contribution in [0.15, 0.2) is 48.5 Å². The molecule has 0 aromatic heterocycles. The number of para-hydroxylation sites is 2. The molecule has 0 unspecified atom stereocenters. The number of alkyl halides is 6. The lowest BCUT2D eigenvalue weighted by Crippen LogP contribution is -2.25. The van der Waals surface area contributed by atoms with Crippen LogP contribution in [-0.2, 0) is 9.59 Å². The molecule has 2 aromatic carbocycles. The van der Waals surface area contributed by atoms with Crippen molar-refractivity contribution in [3.05, 3.63) is 59.7 Å². The Morgan fingerprint density at radius 2 is 0.912 bits per heavy atom. The summed E-state index contributed by atoms with van der Waals surface area (Å²) < 4.78 is 85.1. The van der Waals surface area contributed by atoms with E-state index in [0.717, 1.165) is 0 Å². The molecule has 0 atom stereocenters. The largest absolute Gasteiger partial charge is 0.489 e. The summed E-state index contributed by atoms with van der Waals surface area (Å²) in [6.45, 7) is -0.553. The minimum Gasteiger partial charge on any atom is -0.489 e. The van der Waals surface area contributed by atoms with Crippen molar-refractivity contribution in [3.8, 4) is 11.5 Å². The molecule has 0 N–H and O–H groups in total. The average Bonchev–Trinajstić information content (AvgIpc) is 2.75. The van der Waals surface area contributed by atoms with Gasteiger partial charge in [0.1, 0.15) is 24.7 Å². The van der Waals surface area contributed by atoms with Crippen LogP contribution in [0.1, 0.15) is 33.6 Å². The molecular formula is C22H16F6O6. The number of ether oxygens (including phenoxy) is 2. The number of benzene rings is 2. The van der Waals surface area contributed by atoms with E-state index in [0.29, 0.717) is 0 Å². The van der Waals surface area contributed by atoms with Gasteiger partial charge < -0.3 is 9.47 Å². The Morgan fingerprint density at radius 3 is 1.24 bits per heavy atom. The van der Waals surface area contributed by atoms with Crippen molar-refractivity contribution < 1.29 is 55.0 Å². The summed E-state index contributed by atoms with van der Waals surface area (Å²) in [5.74, 6) is -6.87. The second kappa shape index (κ2) is 10.9. The molecule has 0 heterocycles. The van der Waals surface area contributed by atoms with Crippen molar-refractivity contribution in [2.24, 2.45) is 0 Å². The van der Waals surface area contributed by atoms with Crippen LogP contribution in [0.25, 0.3) is 0 Å². The molecule has 0 aliphatic rings. The average molecular weight is 490 g/mol. The molecule has 34 heavy (non-hydrogen) atoms. The first-order valence-corrected chi connectivity index (χ1v) is 9.50. The quantitative estimate of drug-likeness (QED) is 0.199. The number of ketones is 4. The van der Waals surface area contributed by atoms with Gasteiger partial charge in [0.05, 0.1) is 24.0 Å². The minimum absolute atomic E-state index is 0.119. The third kappa shape index (κ3) is 7.42. The molecule has 2 aromatic rings. The van der Waals surface area contributed by atoms with Gasteiger partial charge in [-0.2, -0.15) is 26.3 Å². The molecule has 0 amide bonds. The first-order chi connectivity index (χ1) is 15.8. The zero-order chi connectivity index (χ0) is 25.5. The highest BCUT2D eigenvalue weighted by atomic mass is 19.4. The fraction of sp³-hybridized carbons (Fsp3) is 0.273. The molecule has 0 saturated carbocycles. The molecule has 0 saturated heterocycles. The standard InChI is InChI=1S/C22H16F6O6/c23-21(24,25)19(31)11-15(29)13-5-1-3-7-17(13)33-9-10-34-18-8-4-2-6-14(18)16(30)12-20(32)22(26,27)28/h1-8H,9-12H2. The van der Waals surface area contributed by atoms with E-state index in [1.165, 1.54) is 48.5 Å². The summed E-state index contributed by atoms with van der Waals surface area (Å²) in [7, 11) is 0. The SMILES string of the molecule is O=C(CC(=O)C(F)(F)F)c1ccccc1OCCOc1ccccc1C(=O)CC(=O)C(F)(F)F. The monoisotopic (exact) mass is 490 g/mol. The Balaban J connectivity index is 2.00. The molecule has 0 bridgehead atoms. The van der Waals surface area contributed by atoms with Crippen LogP contribution in [0.2, 0.25) is 0 Å². The number of hydrogen-bond acceptors (Lipinski definition) is 6. The van der Waals surface area contributed by atoms with Crippen LogP contribution in [0.4, 0.5) is 26.3 Å². The van der Waals surface area contributed by atoms with Gasteiger partial charge in [0.2, 0.25) is 11.6 Å². The van der Waals surface area contributed by atoms with Gasteiger partial charge in [-0.15, -0.1) is 0 Å². The predicted molar refractivity (Wildman–Crippen MR) is 104 cm³/mol. The number of halogens is 6. The number of carbonyl (C=O) groups excluding carboxylic acids is 4. The fourth-order valence-electron chi connectivity index (χ4n) is 2.63. The van der Waals surface area contributed by atoms with E-state index in [9.17, 15) is 45.5 Å². The van der Waals surface area contributed by atoms with Gasteiger partial charge in [0, 0.05) is 0 Å². The molecule has 182 valence electrons. The molecule has 0 fully saturated rings. The van der Waals surface area contributed by atoms with Crippen LogP contribution >= 0.6 is 0 Å². The van der Waals surface area contributed by atoms with Crippen molar-refractivity contribution in [2.45, 2.75) is 25.2 Å². The molecular weight excluding hydrogens is 474 g/mol. The third-order valence-corrected chi connectivity index (χ3v) is 4.25. The van der Waals surface area contributed by atoms with Crippen LogP contribution in [-0.4, -0.2) is 48.7 Å². The first-order valence-electron chi connectivity index (χ1n) is 9.50. The van der Waals surface area contributed by atoms with Crippen LogP contribution in [0.5, 0.6) is 11.5 Å². The fourth-order valence-corrected chi connectivity index (χ4v) is 2.63. The van der Waals surface area contributed by atoms with E-state index in [2.05, 4.69) is 0 Å². The first kappa shape index (κ1) is 26.6. The van der Waals surface area contributed by atoms with E-state index in [1.54, 1.807) is 0 Å². The van der Waals surface area contributed by atoms with Crippen molar-refractivity contribution in [1.82, 2.24) is 0 Å². The molecule has 0 aliphatic heterocycles. The Bertz CT molecular complexity index is 989. The summed E-state index contributed by atoms with van der Waals surface area (Å²) in [6, 6.07) is 10.5. The van der Waals surface area contributed by atoms with Gasteiger partial charge in [-0.25, -0.2) is 0 Å². The van der Waals surface area contributed by atoms with Gasteiger partial charge in [-0.05, 0) is 24.3 Å². The van der Waals surface area contributed by atoms with Gasteiger partial charge in [-0.3, -0.25) is 19.2 Å². The van der Waals surface area contributed by atoms with Crippen molar-refractivity contribution >= 4 is 23.1 Å². The zero-order valence-corrected chi connectivity index (χ0v) is 17.2. The summed E-state index contributed by atoms with van der Waals surface area (Å²) in [4.78, 5) is 46.3. The molecule has 12 heteroatoms. The predicted octanol–water partition coefficient (Wildman–Crippen LogP) is 4.55. The van der Waals surface area contributed by atoms with Gasteiger partial charge in [0.15, 0.2) is 11.6 Å². The Morgan fingerprint density at radius 1 is 0.588 bits per heavy atom. The van der Waals surface area contributed by atoms with E-state index >= 15 is 0 Å². The highest BCUT2D eigenvalue weighted by molar-refractivity contribution is 6.11. The highest BCUT2D eigenvalue weighted by Gasteiger charge is 2.40. The lowest BCUT2D eigenvalue weighted by atomic mass is 10.0. The minimum atomic E-state index is -5.16. The number of rotatable bonds is 11. The molecule has 0 radical (unpaired) electrons. The van der Waals surface area contributed by atoms with Crippen molar-refractivity contribution in [2.75, 3.05) is 13.2 Å². The third-order valence-electron chi connectivity index (χ3n) is 4.25. The molecule has 6 nitrogen and oxygen atoms in total. The Kier molecular flexibility index (Phi) is 8.55. The van der Waals surface area contributed by atoms with Gasteiger partial charge in [-0.1, -0.05) is 24.3 Å². The lowest BCUT2D eigenvalue weighted by Gasteiger charge is -2.13. The van der Waals surface area contributed by atoms with Gasteiger partial charge >= 0.3 is 12.4 Å². The highest BCUT2D eigenvalue weighted by Crippen LogP contribution is 2.25. The van der Waals surface area contributed by atoms with Gasteiger partial charge in [0.25, 0.3) is 0 Å². The lowest BCUT2D eigenvalue weighted by molar-refractivity contribution is -0.170. The topological polar surface area (TPSA) is 86.7 Å². The summed E-state index contributed by atoms with van der Waals surface area (Å²) in [5.41, 5.74) is -0.525. The Labute approximate surface area is 188 Å². The number of carbonyl (C=O) groups is 4. The maximum Gasteiger partial charge on any atom is 0.450 e. The van der Waals surface area contributed by atoms with Crippen LogP contribution in [0.3, 0.4) is 0 Å². The van der Waals surface area contributed by atoms with E-state index in [4.69, 9.17) is 9.47 Å². The smallest absolute Gasteiger partial charge is 0.450 e. The summed E-state index contributed by atoms with van der Waals surface area (Å²) >= 11 is 0. The number of Topliss-reactive ketones (excluding diaryl/α,β-unsaturated/α-hetero) is 4. The maximum absolute atomic E-state index is 12.4. The maximum atomic E-state index is 12.4. The molecule has 0 spiro atoms. The van der Waals surface area contributed by atoms with Crippen LogP contribution < -0.4 is 9.47 Å². The second-order valence-corrected chi connectivity index (χ2v) is 6.73. The van der Waals surface area contributed by atoms with E-state index in [-0.39, 0.29) is 35.8 Å². The molecule has 0 aliphatic carbocycles. The zero-order valence-electron chi connectivity index (χ0n) is 17.2. The van der Waals surface area contributed by atoms with Crippen molar-refractivity contribution in [3.63, 3.8) is 0 Å². The van der Waals surface area contributed by atoms with E-state index < -0.39 is 48.3 Å². The summed E-state index contributed by atoms with van der Waals surface area (Å²) in [6.07, 6.45) is -13.1. The second-order valence-electron chi connectivity index (χ2n) is 6.73. The van der Waals surface area contributed by atoms with Crippen molar-refractivity contribution in [1.29, 1.82) is 0 Å². The normalized spacial score (nSPS) is 11.6. The Hall–Kier alpha value is -3.70. The molecule has 2 rings (SSSR count). The van der Waals surface area contributed by atoms with E-state index in [1.807, 2.05) is 0 Å².